The normalized spacial score (nSPS) is 18.0. The van der Waals surface area contributed by atoms with E-state index in [0.29, 0.717) is 11.5 Å². The van der Waals surface area contributed by atoms with Crippen molar-refractivity contribution in [1.82, 2.24) is 20.2 Å². The standard InChI is InChI=1S/C70H57B2N6O.Pt/c1-69(2,3)53-44-59(61-29-20-41-73-39-17-15-37-71-61)68(60(45-53)62-30-21-42-74-40-18-16-38-72-62)77-49-76(64-32-13-14-33-65(64)77)54-26-19-27-55(47-54)79-56-34-35-58-57-28-11-12-31-63(57)78(66(58)48-56)67-46-52(36-43-75-67)70(4,50-22-7-5-8-23-50)51-24-9-6-10-25-51;/h5-46,49,73-74H,1-4H3;/q-3;/b37-15-,38-16-,39-17-,40-18-,41-20-,42-21-,61-29-,62-30-;. The predicted molar refractivity (Wildman–Crippen MR) is 330 cm³/mol. The largest absolute Gasteiger partial charge is 0.509 e. The first-order valence-electron chi connectivity index (χ1n) is 26.8. The maximum absolute atomic E-state index is 6.82. The Hall–Kier alpha value is -8.77. The monoisotopic (exact) mass is 1210 g/mol. The van der Waals surface area contributed by atoms with Gasteiger partial charge in [-0.3, -0.25) is 0 Å². The van der Waals surface area contributed by atoms with Crippen LogP contribution in [0.1, 0.15) is 61.1 Å². The van der Waals surface area contributed by atoms with Crippen molar-refractivity contribution in [3.63, 3.8) is 0 Å². The minimum absolute atomic E-state index is 0. The van der Waals surface area contributed by atoms with Crippen molar-refractivity contribution in [2.24, 2.45) is 0 Å². The smallest absolute Gasteiger partial charge is 0.182 e. The number of rotatable bonds is 10. The molecule has 0 amide bonds. The zero-order valence-corrected chi connectivity index (χ0v) is 47.3. The number of fused-ring (bicyclic) bond motifs is 4. The maximum Gasteiger partial charge on any atom is 0.182 e. The van der Waals surface area contributed by atoms with Crippen LogP contribution in [0.4, 0.5) is 22.7 Å². The number of nitrogens with one attached hydrogen (secondary N) is 2. The summed E-state index contributed by atoms with van der Waals surface area (Å²) in [5, 5.41) is 8.68. The fourth-order valence-electron chi connectivity index (χ4n) is 10.7. The number of anilines is 4. The first-order valence-corrected chi connectivity index (χ1v) is 26.8. The van der Waals surface area contributed by atoms with E-state index in [-0.39, 0.29) is 26.5 Å². The second-order valence-corrected chi connectivity index (χ2v) is 20.8. The molecule has 0 saturated carbocycles. The van der Waals surface area contributed by atoms with Crippen LogP contribution in [-0.4, -0.2) is 24.1 Å². The number of nitrogens with zero attached hydrogens (tertiary/aromatic N) is 4. The molecule has 80 heavy (non-hydrogen) atoms. The van der Waals surface area contributed by atoms with E-state index in [2.05, 4.69) is 268 Å². The van der Waals surface area contributed by atoms with Crippen LogP contribution in [0.15, 0.2) is 255 Å². The van der Waals surface area contributed by atoms with Gasteiger partial charge in [0.1, 0.15) is 5.82 Å². The number of ether oxygens (including phenoxy) is 1. The number of hydrogen-bond donors (Lipinski definition) is 2. The van der Waals surface area contributed by atoms with Gasteiger partial charge in [-0.1, -0.05) is 153 Å². The van der Waals surface area contributed by atoms with Gasteiger partial charge in [-0.05, 0) is 118 Å². The molecule has 7 nitrogen and oxygen atoms in total. The second kappa shape index (κ2) is 23.3. The molecule has 0 bridgehead atoms. The Morgan fingerprint density at radius 3 is 1.76 bits per heavy atom. The third-order valence-corrected chi connectivity index (χ3v) is 14.8. The summed E-state index contributed by atoms with van der Waals surface area (Å²) >= 11 is 0. The topological polar surface area (TPSA) is 57.6 Å². The summed E-state index contributed by atoms with van der Waals surface area (Å²) in [7, 11) is 4.39. The first-order chi connectivity index (χ1) is 38.7. The van der Waals surface area contributed by atoms with Gasteiger partial charge in [-0.25, -0.2) is 4.98 Å². The fourth-order valence-corrected chi connectivity index (χ4v) is 10.7. The Labute approximate surface area is 486 Å². The molecular weight excluding hydrogens is 1160 g/mol. The van der Waals surface area contributed by atoms with Crippen molar-refractivity contribution < 1.29 is 25.8 Å². The Morgan fingerprint density at radius 1 is 0.525 bits per heavy atom. The molecule has 12 rings (SSSR count). The van der Waals surface area contributed by atoms with Crippen molar-refractivity contribution in [3.8, 4) is 17.3 Å². The Balaban J connectivity index is 0.00000675. The number of benzene rings is 7. The minimum atomic E-state index is -0.452. The van der Waals surface area contributed by atoms with E-state index in [0.717, 1.165) is 78.0 Å². The van der Waals surface area contributed by atoms with Crippen LogP contribution in [0, 0.1) is 18.8 Å². The van der Waals surface area contributed by atoms with E-state index in [1.54, 1.807) is 0 Å². The van der Waals surface area contributed by atoms with Crippen LogP contribution >= 0.6 is 0 Å². The first kappa shape index (κ1) is 53.2. The van der Waals surface area contributed by atoms with Gasteiger partial charge in [0.05, 0.1) is 0 Å². The molecule has 0 saturated heterocycles. The number of allylic oxidation sites excluding steroid dienone is 8. The minimum Gasteiger partial charge on any atom is -0.509 e. The third kappa shape index (κ3) is 10.6. The molecule has 10 heteroatoms. The van der Waals surface area contributed by atoms with Gasteiger partial charge in [0.15, 0.2) is 14.6 Å². The maximum atomic E-state index is 6.82. The summed E-state index contributed by atoms with van der Waals surface area (Å²) in [4.78, 5) is 9.59. The fraction of sp³-hybridized carbons (Fsp3) is 0.0857. The van der Waals surface area contributed by atoms with Gasteiger partial charge in [0, 0.05) is 91.6 Å². The van der Waals surface area contributed by atoms with Gasteiger partial charge in [0.25, 0.3) is 0 Å². The molecule has 0 spiro atoms. The summed E-state index contributed by atoms with van der Waals surface area (Å²) in [5.41, 5.74) is 14.2. The average molecular weight is 1210 g/mol. The van der Waals surface area contributed by atoms with Crippen molar-refractivity contribution in [2.75, 3.05) is 9.80 Å². The van der Waals surface area contributed by atoms with Gasteiger partial charge < -0.3 is 29.7 Å². The summed E-state index contributed by atoms with van der Waals surface area (Å²) in [5.74, 6) is 6.11. The Kier molecular flexibility index (Phi) is 15.5. The van der Waals surface area contributed by atoms with E-state index < -0.39 is 5.41 Å². The molecule has 0 unspecified atom stereocenters. The van der Waals surface area contributed by atoms with Crippen molar-refractivity contribution >= 4 is 70.1 Å². The molecule has 9 aromatic rings. The molecule has 0 atom stereocenters. The van der Waals surface area contributed by atoms with E-state index in [9.17, 15) is 0 Å². The van der Waals surface area contributed by atoms with Crippen LogP contribution in [0.3, 0.4) is 0 Å². The van der Waals surface area contributed by atoms with E-state index in [1.165, 1.54) is 16.7 Å². The molecule has 2 N–H and O–H groups in total. The van der Waals surface area contributed by atoms with Crippen LogP contribution in [-0.2, 0) is 31.9 Å². The third-order valence-electron chi connectivity index (χ3n) is 14.8. The van der Waals surface area contributed by atoms with Gasteiger partial charge in [0.2, 0.25) is 0 Å². The summed E-state index contributed by atoms with van der Waals surface area (Å²) in [6, 6.07) is 65.1. The molecule has 0 aliphatic carbocycles. The molecule has 2 radical (unpaired) electrons. The molecule has 3 aliphatic heterocycles. The SMILES string of the molecule is CC(C)(C)c1cc(/C2=C/C=C\N/C=C\C=C/[B]2)c(N2[CH-]N(c3[c-]c(Oc4[c-]c5c(cc4)c4ccccc4n5-c4cc(C(C)(c5ccccc5)c5ccccc5)ccn4)ccc3)c3ccccc32)c(/C2=C/C=C\N/C=C\C=C/[B]2)c1.[Pt]. The molecule has 2 aromatic heterocycles. The average Bonchev–Trinajstić information content (AvgIpc) is 4.05. The summed E-state index contributed by atoms with van der Waals surface area (Å²) in [6.07, 6.45) is 26.2. The van der Waals surface area contributed by atoms with Gasteiger partial charge >= 0.3 is 0 Å². The predicted octanol–water partition coefficient (Wildman–Crippen LogP) is 16.0. The zero-order chi connectivity index (χ0) is 53.8. The van der Waals surface area contributed by atoms with Crippen LogP contribution < -0.4 is 25.2 Å². The number of aromatic nitrogens is 2. The summed E-state index contributed by atoms with van der Waals surface area (Å²) in [6.45, 7) is 11.3. The zero-order valence-electron chi connectivity index (χ0n) is 45.0. The van der Waals surface area contributed by atoms with Crippen molar-refractivity contribution in [2.45, 2.75) is 38.5 Å². The van der Waals surface area contributed by atoms with E-state index in [4.69, 9.17) is 9.72 Å². The van der Waals surface area contributed by atoms with Gasteiger partial charge in [-0.2, -0.15) is 12.1 Å². The number of pyridine rings is 1. The molecule has 0 fully saturated rings. The Morgan fingerprint density at radius 2 is 1.11 bits per heavy atom. The summed E-state index contributed by atoms with van der Waals surface area (Å²) < 4.78 is 9.03. The molecule has 3 aliphatic rings. The van der Waals surface area contributed by atoms with Crippen LogP contribution in [0.2, 0.25) is 0 Å². The number of hydrogen-bond acceptors (Lipinski definition) is 6. The molecule has 5 heterocycles. The van der Waals surface area contributed by atoms with Crippen LogP contribution in [0.25, 0.3) is 38.6 Å². The van der Waals surface area contributed by atoms with Gasteiger partial charge in [-0.15, -0.1) is 60.0 Å². The molecular formula is C70H57B2N6OPt-3. The van der Waals surface area contributed by atoms with E-state index >= 15 is 0 Å². The molecule has 392 valence electrons. The van der Waals surface area contributed by atoms with Crippen LogP contribution in [0.5, 0.6) is 11.5 Å². The molecule has 7 aromatic carbocycles. The quantitative estimate of drug-likeness (QED) is 0.105. The van der Waals surface area contributed by atoms with E-state index in [1.807, 2.05) is 73.5 Å². The number of para-hydroxylation sites is 3. The van der Waals surface area contributed by atoms with Crippen molar-refractivity contribution in [1.29, 1.82) is 0 Å². The van der Waals surface area contributed by atoms with Crippen molar-refractivity contribution in [3.05, 3.63) is 308 Å². The second-order valence-electron chi connectivity index (χ2n) is 20.8. The Bertz CT molecular complexity index is 3880.